The van der Waals surface area contributed by atoms with Crippen molar-refractivity contribution in [1.82, 2.24) is 9.55 Å². The lowest BCUT2D eigenvalue weighted by Gasteiger charge is -2.15. The molecule has 3 rings (SSSR count). The Bertz CT molecular complexity index is 1190. The summed E-state index contributed by atoms with van der Waals surface area (Å²) in [6.07, 6.45) is 1.09. The van der Waals surface area contributed by atoms with Gasteiger partial charge in [-0.2, -0.15) is 0 Å². The van der Waals surface area contributed by atoms with Gasteiger partial charge in [-0.1, -0.05) is 11.6 Å². The molecule has 2 amide bonds. The minimum absolute atomic E-state index is 0.180. The molecule has 0 spiro atoms. The van der Waals surface area contributed by atoms with Crippen molar-refractivity contribution in [1.29, 1.82) is 0 Å². The number of aromatic nitrogens is 2. The molecule has 31 heavy (non-hydrogen) atoms. The summed E-state index contributed by atoms with van der Waals surface area (Å²) < 4.78 is 11.5. The number of amides is 2. The molecular formula is C21H19ClN4O5. The highest BCUT2D eigenvalue weighted by Gasteiger charge is 2.18. The fourth-order valence-electron chi connectivity index (χ4n) is 2.88. The molecule has 3 aromatic rings. The van der Waals surface area contributed by atoms with Gasteiger partial charge in [0.2, 0.25) is 5.91 Å². The average molecular weight is 443 g/mol. The Hall–Kier alpha value is -3.85. The fourth-order valence-corrected chi connectivity index (χ4v) is 3.01. The van der Waals surface area contributed by atoms with Crippen molar-refractivity contribution < 1.29 is 19.1 Å². The van der Waals surface area contributed by atoms with E-state index in [1.165, 1.54) is 14.2 Å². The zero-order valence-electron chi connectivity index (χ0n) is 16.7. The number of ether oxygens (including phenoxy) is 2. The van der Waals surface area contributed by atoms with Gasteiger partial charge in [-0.15, -0.1) is 0 Å². The lowest BCUT2D eigenvalue weighted by Crippen LogP contribution is -2.34. The second-order valence-electron chi connectivity index (χ2n) is 6.37. The van der Waals surface area contributed by atoms with Crippen LogP contribution in [0.4, 0.5) is 5.69 Å². The van der Waals surface area contributed by atoms with E-state index < -0.39 is 23.9 Å². The molecule has 0 unspecified atom stereocenters. The van der Waals surface area contributed by atoms with Gasteiger partial charge in [0.15, 0.2) is 0 Å². The Morgan fingerprint density at radius 1 is 1.13 bits per heavy atom. The topological polar surface area (TPSA) is 126 Å². The molecule has 1 heterocycles. The van der Waals surface area contributed by atoms with Crippen LogP contribution in [0.1, 0.15) is 10.4 Å². The Morgan fingerprint density at radius 2 is 1.84 bits per heavy atom. The molecule has 9 nitrogen and oxygen atoms in total. The van der Waals surface area contributed by atoms with Gasteiger partial charge in [-0.05, 0) is 36.4 Å². The van der Waals surface area contributed by atoms with Gasteiger partial charge in [-0.25, -0.2) is 4.98 Å². The number of nitrogens with zero attached hydrogens (tertiary/aromatic N) is 2. The smallest absolute Gasteiger partial charge is 0.267 e. The van der Waals surface area contributed by atoms with Crippen LogP contribution in [0.15, 0.2) is 53.5 Å². The predicted octanol–water partition coefficient (Wildman–Crippen LogP) is 2.32. The van der Waals surface area contributed by atoms with Gasteiger partial charge in [0.05, 0.1) is 19.9 Å². The van der Waals surface area contributed by atoms with Crippen LogP contribution in [0.3, 0.4) is 0 Å². The molecule has 3 N–H and O–H groups in total. The van der Waals surface area contributed by atoms with E-state index in [2.05, 4.69) is 10.3 Å². The Labute approximate surface area is 182 Å². The number of carbonyl (C=O) groups excluding carboxylic acids is 2. The summed E-state index contributed by atoms with van der Waals surface area (Å²) in [6, 6.07) is 11.4. The minimum atomic E-state index is -0.941. The summed E-state index contributed by atoms with van der Waals surface area (Å²) in [7, 11) is 2.95. The lowest BCUT2D eigenvalue weighted by atomic mass is 10.2. The predicted molar refractivity (Wildman–Crippen MR) is 116 cm³/mol. The van der Waals surface area contributed by atoms with E-state index in [0.717, 1.165) is 10.8 Å². The molecule has 0 aliphatic heterocycles. The first-order valence-corrected chi connectivity index (χ1v) is 9.39. The summed E-state index contributed by atoms with van der Waals surface area (Å²) in [4.78, 5) is 41.4. The number of nitrogens with one attached hydrogen (secondary N) is 1. The molecule has 1 aromatic heterocycles. The third-order valence-corrected chi connectivity index (χ3v) is 4.65. The number of methoxy groups -OCH3 is 2. The van der Waals surface area contributed by atoms with E-state index in [4.69, 9.17) is 26.8 Å². The van der Waals surface area contributed by atoms with Crippen LogP contribution >= 0.6 is 11.6 Å². The van der Waals surface area contributed by atoms with Gasteiger partial charge >= 0.3 is 0 Å². The van der Waals surface area contributed by atoms with E-state index in [1.54, 1.807) is 42.5 Å². The molecule has 0 aliphatic rings. The normalized spacial score (nSPS) is 10.4. The van der Waals surface area contributed by atoms with Crippen LogP contribution in [-0.4, -0.2) is 35.6 Å². The maximum absolute atomic E-state index is 12.9. The first-order chi connectivity index (χ1) is 14.8. The monoisotopic (exact) mass is 442 g/mol. The van der Waals surface area contributed by atoms with Gasteiger partial charge in [-0.3, -0.25) is 19.0 Å². The lowest BCUT2D eigenvalue weighted by molar-refractivity contribution is -0.116. The highest BCUT2D eigenvalue weighted by molar-refractivity contribution is 6.30. The SMILES string of the molecule is COc1ccc(OC)c(NC(=O)Cn2c(-c3ccc(Cl)cc3)ncc(C(N)=O)c2=O)c1. The van der Waals surface area contributed by atoms with Crippen molar-refractivity contribution in [3.63, 3.8) is 0 Å². The third-order valence-electron chi connectivity index (χ3n) is 4.40. The second-order valence-corrected chi connectivity index (χ2v) is 6.81. The highest BCUT2D eigenvalue weighted by Crippen LogP contribution is 2.29. The zero-order chi connectivity index (χ0) is 22.5. The van der Waals surface area contributed by atoms with Crippen LogP contribution in [0, 0.1) is 0 Å². The molecule has 0 bridgehead atoms. The summed E-state index contributed by atoms with van der Waals surface area (Å²) in [5.41, 5.74) is 5.10. The number of hydrogen-bond acceptors (Lipinski definition) is 6. The van der Waals surface area contributed by atoms with Crippen molar-refractivity contribution in [3.05, 3.63) is 69.6 Å². The Balaban J connectivity index is 2.00. The van der Waals surface area contributed by atoms with E-state index in [9.17, 15) is 14.4 Å². The first kappa shape index (κ1) is 21.8. The molecule has 0 radical (unpaired) electrons. The number of carbonyl (C=O) groups is 2. The van der Waals surface area contributed by atoms with E-state index in [0.29, 0.717) is 27.8 Å². The van der Waals surface area contributed by atoms with Gasteiger partial charge in [0.25, 0.3) is 11.5 Å². The standard InChI is InChI=1S/C21H19ClN4O5/c1-30-14-7-8-17(31-2)16(9-14)25-18(27)11-26-20(12-3-5-13(22)6-4-12)24-10-15(19(23)28)21(26)29/h3-10H,11H2,1-2H3,(H2,23,28)(H,25,27). The number of nitrogens with two attached hydrogens (primary N) is 1. The molecule has 2 aromatic carbocycles. The number of primary amides is 1. The van der Waals surface area contributed by atoms with Crippen LogP contribution in [0.2, 0.25) is 5.02 Å². The van der Waals surface area contributed by atoms with Crippen molar-refractivity contribution in [2.24, 2.45) is 5.73 Å². The summed E-state index contributed by atoms with van der Waals surface area (Å²) in [5.74, 6) is -0.397. The van der Waals surface area contributed by atoms with Crippen LogP contribution in [0.5, 0.6) is 11.5 Å². The fraction of sp³-hybridized carbons (Fsp3) is 0.143. The first-order valence-electron chi connectivity index (χ1n) is 9.01. The van der Waals surface area contributed by atoms with E-state index >= 15 is 0 Å². The van der Waals surface area contributed by atoms with Crippen LogP contribution < -0.4 is 26.1 Å². The number of rotatable bonds is 7. The van der Waals surface area contributed by atoms with E-state index in [1.807, 2.05) is 0 Å². The van der Waals surface area contributed by atoms with Crippen LogP contribution in [0.25, 0.3) is 11.4 Å². The van der Waals surface area contributed by atoms with Gasteiger partial charge in [0.1, 0.15) is 29.4 Å². The second kappa shape index (κ2) is 9.31. The Morgan fingerprint density at radius 3 is 2.45 bits per heavy atom. The number of halogens is 1. The van der Waals surface area contributed by atoms with Gasteiger partial charge < -0.3 is 20.5 Å². The molecule has 10 heteroatoms. The maximum Gasteiger partial charge on any atom is 0.267 e. The maximum atomic E-state index is 12.9. The molecule has 0 saturated carbocycles. The van der Waals surface area contributed by atoms with Crippen LogP contribution in [-0.2, 0) is 11.3 Å². The minimum Gasteiger partial charge on any atom is -0.497 e. The quantitative estimate of drug-likeness (QED) is 0.578. The van der Waals surface area contributed by atoms with Crippen molar-refractivity contribution in [2.75, 3.05) is 19.5 Å². The van der Waals surface area contributed by atoms with Crippen molar-refractivity contribution in [3.8, 4) is 22.9 Å². The van der Waals surface area contributed by atoms with Crippen molar-refractivity contribution >= 4 is 29.1 Å². The van der Waals surface area contributed by atoms with Crippen molar-refractivity contribution in [2.45, 2.75) is 6.54 Å². The average Bonchev–Trinajstić information content (AvgIpc) is 2.75. The zero-order valence-corrected chi connectivity index (χ0v) is 17.5. The summed E-state index contributed by atoms with van der Waals surface area (Å²) in [6.45, 7) is -0.425. The van der Waals surface area contributed by atoms with E-state index in [-0.39, 0.29) is 11.4 Å². The molecule has 160 valence electrons. The molecule has 0 saturated heterocycles. The third kappa shape index (κ3) is 4.84. The molecular weight excluding hydrogens is 424 g/mol. The summed E-state index contributed by atoms with van der Waals surface area (Å²) >= 11 is 5.93. The number of benzene rings is 2. The largest absolute Gasteiger partial charge is 0.497 e. The molecule has 0 aliphatic carbocycles. The number of hydrogen-bond donors (Lipinski definition) is 2. The number of anilines is 1. The molecule has 0 atom stereocenters. The summed E-state index contributed by atoms with van der Waals surface area (Å²) in [5, 5.41) is 3.17. The van der Waals surface area contributed by atoms with Gasteiger partial charge in [0, 0.05) is 22.8 Å². The molecule has 0 fully saturated rings. The Kier molecular flexibility index (Phi) is 6.56. The highest BCUT2D eigenvalue weighted by atomic mass is 35.5.